The lowest BCUT2D eigenvalue weighted by atomic mass is 10.0. The van der Waals surface area contributed by atoms with Gasteiger partial charge in [0.05, 0.1) is 19.8 Å². The fraction of sp³-hybridized carbons (Fsp3) is 0.805. The molecule has 0 rings (SSSR count). The second-order valence-corrected chi connectivity index (χ2v) is 15.1. The molecular weight excluding hydrogens is 683 g/mol. The van der Waals surface area contributed by atoms with Gasteiger partial charge in [-0.15, -0.1) is 0 Å². The molecule has 0 aromatic carbocycles. The average molecular weight is 759 g/mol. The van der Waals surface area contributed by atoms with E-state index in [9.17, 15) is 24.2 Å². The Labute approximate surface area is 316 Å². The molecule has 3 atom stereocenters. The fourth-order valence-electron chi connectivity index (χ4n) is 5.36. The summed E-state index contributed by atoms with van der Waals surface area (Å²) in [4.78, 5) is 34.8. The van der Waals surface area contributed by atoms with Gasteiger partial charge in [-0.1, -0.05) is 153 Å². The molecule has 0 aliphatic carbocycles. The second-order valence-electron chi connectivity index (χ2n) is 13.7. The van der Waals surface area contributed by atoms with Crippen LogP contribution >= 0.6 is 7.82 Å². The molecule has 10 nitrogen and oxygen atoms in total. The van der Waals surface area contributed by atoms with Crippen LogP contribution in [0.25, 0.3) is 0 Å². The number of carbonyl (C=O) groups excluding carboxylic acids is 2. The van der Waals surface area contributed by atoms with Crippen molar-refractivity contribution in [1.29, 1.82) is 0 Å². The van der Waals surface area contributed by atoms with E-state index in [0.29, 0.717) is 19.3 Å². The molecule has 0 aliphatic heterocycles. The highest BCUT2D eigenvalue weighted by molar-refractivity contribution is 7.47. The quantitative estimate of drug-likeness (QED) is 0.0240. The Morgan fingerprint density at radius 1 is 0.577 bits per heavy atom. The zero-order chi connectivity index (χ0) is 38.4. The average Bonchev–Trinajstić information content (AvgIpc) is 3.13. The maximum absolute atomic E-state index is 12.5. The first-order chi connectivity index (χ1) is 25.2. The van der Waals surface area contributed by atoms with Crippen LogP contribution in [-0.4, -0.2) is 65.7 Å². The van der Waals surface area contributed by atoms with Gasteiger partial charge in [0.25, 0.3) is 0 Å². The Morgan fingerprint density at radius 2 is 1.02 bits per heavy atom. The van der Waals surface area contributed by atoms with E-state index in [2.05, 4.69) is 48.8 Å². The van der Waals surface area contributed by atoms with Crippen LogP contribution in [0.5, 0.6) is 0 Å². The van der Waals surface area contributed by atoms with Gasteiger partial charge in [0.2, 0.25) is 0 Å². The van der Waals surface area contributed by atoms with Gasteiger partial charge in [-0.3, -0.25) is 18.6 Å². The number of hydrogen-bond donors (Lipinski definition) is 3. The minimum Gasteiger partial charge on any atom is -0.462 e. The number of rotatable bonds is 38. The van der Waals surface area contributed by atoms with E-state index in [0.717, 1.165) is 38.5 Å². The summed E-state index contributed by atoms with van der Waals surface area (Å²) in [6.07, 6.45) is 36.9. The lowest BCUT2D eigenvalue weighted by Crippen LogP contribution is -2.29. The topological polar surface area (TPSA) is 149 Å². The molecule has 0 spiro atoms. The molecule has 0 bridgehead atoms. The molecule has 52 heavy (non-hydrogen) atoms. The predicted octanol–water partition coefficient (Wildman–Crippen LogP) is 10.4. The molecule has 0 aliphatic rings. The van der Waals surface area contributed by atoms with Crippen molar-refractivity contribution in [1.82, 2.24) is 0 Å². The number of aliphatic hydroxyl groups excluding tert-OH is 2. The first-order valence-electron chi connectivity index (χ1n) is 20.4. The molecule has 0 heterocycles. The Bertz CT molecular complexity index is 967. The van der Waals surface area contributed by atoms with E-state index in [1.54, 1.807) is 0 Å². The number of allylic oxidation sites excluding steroid dienone is 6. The van der Waals surface area contributed by atoms with Crippen molar-refractivity contribution in [3.8, 4) is 0 Å². The first kappa shape index (κ1) is 50.2. The molecule has 0 aromatic rings. The summed E-state index contributed by atoms with van der Waals surface area (Å²) in [5.41, 5.74) is 0. The van der Waals surface area contributed by atoms with E-state index in [4.69, 9.17) is 19.1 Å². The number of aliphatic hydroxyl groups is 2. The van der Waals surface area contributed by atoms with Crippen molar-refractivity contribution in [3.63, 3.8) is 0 Å². The monoisotopic (exact) mass is 759 g/mol. The number of phosphoric acid groups is 1. The molecule has 0 fully saturated rings. The lowest BCUT2D eigenvalue weighted by molar-refractivity contribution is -0.161. The standard InChI is InChI=1S/C41H75O10P/c1-3-5-7-9-11-13-15-17-18-19-20-21-23-24-26-28-30-32-40(44)48-36-39(37-50-52(46,47)49-35-38(43)34-42)51-41(45)33-31-29-27-25-22-16-14-12-10-8-6-4-2/h17-18,20-21,24,26,38-39,42-43H,3-16,19,22-23,25,27-37H2,1-2H3,(H,46,47)/b18-17+,21-20+,26-24+/t38-,39+/m1/s1. The van der Waals surface area contributed by atoms with Crippen LogP contribution in [0.4, 0.5) is 0 Å². The number of ether oxygens (including phenoxy) is 2. The number of carbonyl (C=O) groups is 2. The minimum atomic E-state index is -4.62. The molecule has 304 valence electrons. The molecule has 0 saturated heterocycles. The summed E-state index contributed by atoms with van der Waals surface area (Å²) in [7, 11) is -4.62. The van der Waals surface area contributed by atoms with Gasteiger partial charge in [0.15, 0.2) is 6.10 Å². The summed E-state index contributed by atoms with van der Waals surface area (Å²) in [5.74, 6) is -0.984. The van der Waals surface area contributed by atoms with Crippen LogP contribution in [0.2, 0.25) is 0 Å². The predicted molar refractivity (Wildman–Crippen MR) is 210 cm³/mol. The van der Waals surface area contributed by atoms with Gasteiger partial charge >= 0.3 is 19.8 Å². The maximum Gasteiger partial charge on any atom is 0.472 e. The van der Waals surface area contributed by atoms with E-state index in [1.165, 1.54) is 89.9 Å². The molecule has 0 radical (unpaired) electrons. The number of hydrogen-bond acceptors (Lipinski definition) is 9. The Hall–Kier alpha value is -1.81. The van der Waals surface area contributed by atoms with Crippen LogP contribution in [0.3, 0.4) is 0 Å². The van der Waals surface area contributed by atoms with Gasteiger partial charge in [0, 0.05) is 12.8 Å². The lowest BCUT2D eigenvalue weighted by Gasteiger charge is -2.20. The zero-order valence-corrected chi connectivity index (χ0v) is 33.7. The number of phosphoric ester groups is 1. The van der Waals surface area contributed by atoms with Crippen molar-refractivity contribution in [3.05, 3.63) is 36.5 Å². The molecule has 1 unspecified atom stereocenters. The number of unbranched alkanes of at least 4 members (excludes halogenated alkanes) is 18. The molecule has 0 saturated carbocycles. The SMILES string of the molecule is CCCCCCCC/C=C/C/C=C/C/C=C/CCCC(=O)OC[C@@H](COP(=O)(O)OC[C@H](O)CO)OC(=O)CCCCCCCCCCCCCC. The van der Waals surface area contributed by atoms with Gasteiger partial charge in [-0.05, 0) is 44.9 Å². The van der Waals surface area contributed by atoms with Crippen LogP contribution in [0, 0.1) is 0 Å². The van der Waals surface area contributed by atoms with Gasteiger partial charge in [-0.25, -0.2) is 4.57 Å². The molecule has 0 amide bonds. The van der Waals surface area contributed by atoms with Crippen LogP contribution in [0.1, 0.15) is 174 Å². The van der Waals surface area contributed by atoms with Crippen molar-refractivity contribution in [2.75, 3.05) is 26.4 Å². The van der Waals surface area contributed by atoms with Gasteiger partial charge < -0.3 is 24.6 Å². The molecular formula is C41H75O10P. The molecule has 0 aromatic heterocycles. The Morgan fingerprint density at radius 3 is 1.56 bits per heavy atom. The van der Waals surface area contributed by atoms with Crippen molar-refractivity contribution >= 4 is 19.8 Å². The Kier molecular flexibility index (Phi) is 36.2. The first-order valence-corrected chi connectivity index (χ1v) is 21.9. The van der Waals surface area contributed by atoms with Gasteiger partial charge in [-0.2, -0.15) is 0 Å². The largest absolute Gasteiger partial charge is 0.472 e. The summed E-state index contributed by atoms with van der Waals surface area (Å²) >= 11 is 0. The normalized spacial score (nSPS) is 14.3. The highest BCUT2D eigenvalue weighted by Gasteiger charge is 2.27. The summed E-state index contributed by atoms with van der Waals surface area (Å²) in [6.45, 7) is 2.31. The van der Waals surface area contributed by atoms with E-state index in [1.807, 2.05) is 6.08 Å². The van der Waals surface area contributed by atoms with Gasteiger partial charge in [0.1, 0.15) is 12.7 Å². The smallest absolute Gasteiger partial charge is 0.462 e. The fourth-order valence-corrected chi connectivity index (χ4v) is 6.15. The second kappa shape index (κ2) is 37.5. The van der Waals surface area contributed by atoms with Crippen molar-refractivity contribution in [2.24, 2.45) is 0 Å². The summed E-state index contributed by atoms with van der Waals surface area (Å²) in [5, 5.41) is 18.3. The number of esters is 2. The third kappa shape index (κ3) is 36.5. The molecule has 3 N–H and O–H groups in total. The third-order valence-electron chi connectivity index (χ3n) is 8.55. The minimum absolute atomic E-state index is 0.171. The van der Waals surface area contributed by atoms with Crippen molar-refractivity contribution < 1.29 is 47.8 Å². The Balaban J connectivity index is 4.40. The van der Waals surface area contributed by atoms with Crippen LogP contribution in [0.15, 0.2) is 36.5 Å². The third-order valence-corrected chi connectivity index (χ3v) is 9.50. The summed E-state index contributed by atoms with van der Waals surface area (Å²) < 4.78 is 32.6. The van der Waals surface area contributed by atoms with E-state index in [-0.39, 0.29) is 19.4 Å². The van der Waals surface area contributed by atoms with E-state index < -0.39 is 51.8 Å². The maximum atomic E-state index is 12.5. The highest BCUT2D eigenvalue weighted by atomic mass is 31.2. The van der Waals surface area contributed by atoms with Crippen LogP contribution in [-0.2, 0) is 32.7 Å². The zero-order valence-electron chi connectivity index (χ0n) is 32.8. The van der Waals surface area contributed by atoms with Crippen LogP contribution < -0.4 is 0 Å². The molecule has 11 heteroatoms. The van der Waals surface area contributed by atoms with E-state index >= 15 is 0 Å². The van der Waals surface area contributed by atoms with Crippen molar-refractivity contribution in [2.45, 2.75) is 187 Å². The highest BCUT2D eigenvalue weighted by Crippen LogP contribution is 2.43. The summed E-state index contributed by atoms with van der Waals surface area (Å²) in [6, 6.07) is 0.